The first kappa shape index (κ1) is 15.0. The second kappa shape index (κ2) is 5.92. The molecule has 2 aromatic rings. The number of nitrogens with zero attached hydrogens (tertiary/aromatic N) is 2. The second-order valence-electron chi connectivity index (χ2n) is 7.38. The van der Waals surface area contributed by atoms with Crippen molar-refractivity contribution in [1.82, 2.24) is 14.8 Å². The number of fused-ring (bicyclic) bond motifs is 3. The van der Waals surface area contributed by atoms with E-state index in [2.05, 4.69) is 40.2 Å². The first-order valence-corrected chi connectivity index (χ1v) is 9.21. The van der Waals surface area contributed by atoms with Gasteiger partial charge < -0.3 is 9.72 Å². The molecular formula is C20H23N3O2. The van der Waals surface area contributed by atoms with E-state index >= 15 is 0 Å². The molecule has 2 fully saturated rings. The highest BCUT2D eigenvalue weighted by atomic mass is 16.6. The normalized spacial score (nSPS) is 26.6. The SMILES string of the molecule is O=C1OC2Cc3ccccc3C2N1C1CCN(Cc2ccc[nH]2)CC1. The molecule has 2 atom stereocenters. The number of aromatic amines is 1. The van der Waals surface area contributed by atoms with Crippen molar-refractivity contribution in [2.24, 2.45) is 0 Å². The monoisotopic (exact) mass is 337 g/mol. The van der Waals surface area contributed by atoms with Crippen LogP contribution in [0.5, 0.6) is 0 Å². The average molecular weight is 337 g/mol. The van der Waals surface area contributed by atoms with Gasteiger partial charge in [-0.05, 0) is 36.1 Å². The van der Waals surface area contributed by atoms with E-state index < -0.39 is 0 Å². The molecule has 1 amide bonds. The highest BCUT2D eigenvalue weighted by molar-refractivity contribution is 5.72. The third-order valence-corrected chi connectivity index (χ3v) is 5.92. The second-order valence-corrected chi connectivity index (χ2v) is 7.38. The van der Waals surface area contributed by atoms with Gasteiger partial charge in [0.25, 0.3) is 0 Å². The molecule has 5 nitrogen and oxygen atoms in total. The number of carbonyl (C=O) groups is 1. The van der Waals surface area contributed by atoms with Gasteiger partial charge >= 0.3 is 6.09 Å². The summed E-state index contributed by atoms with van der Waals surface area (Å²) in [5.74, 6) is 0. The van der Waals surface area contributed by atoms with Crippen LogP contribution < -0.4 is 0 Å². The van der Waals surface area contributed by atoms with E-state index in [-0.39, 0.29) is 24.3 Å². The maximum atomic E-state index is 12.5. The van der Waals surface area contributed by atoms with Gasteiger partial charge in [-0.15, -0.1) is 0 Å². The molecule has 3 aliphatic rings. The molecule has 2 aliphatic heterocycles. The highest BCUT2D eigenvalue weighted by Crippen LogP contribution is 2.44. The fourth-order valence-corrected chi connectivity index (χ4v) is 4.71. The maximum absolute atomic E-state index is 12.5. The van der Waals surface area contributed by atoms with E-state index in [0.717, 1.165) is 38.9 Å². The predicted molar refractivity (Wildman–Crippen MR) is 94.1 cm³/mol. The van der Waals surface area contributed by atoms with Crippen molar-refractivity contribution in [3.05, 3.63) is 59.4 Å². The van der Waals surface area contributed by atoms with Gasteiger partial charge in [-0.25, -0.2) is 4.79 Å². The summed E-state index contributed by atoms with van der Waals surface area (Å²) >= 11 is 0. The van der Waals surface area contributed by atoms with E-state index in [1.54, 1.807) is 0 Å². The molecule has 1 N–H and O–H groups in total. The highest BCUT2D eigenvalue weighted by Gasteiger charge is 2.50. The van der Waals surface area contributed by atoms with Crippen LogP contribution in [0.15, 0.2) is 42.6 Å². The number of carbonyl (C=O) groups excluding carboxylic acids is 1. The van der Waals surface area contributed by atoms with Crippen LogP contribution in [0.2, 0.25) is 0 Å². The van der Waals surface area contributed by atoms with E-state index in [9.17, 15) is 4.79 Å². The van der Waals surface area contributed by atoms with Crippen LogP contribution in [0.1, 0.15) is 35.7 Å². The van der Waals surface area contributed by atoms with Crippen molar-refractivity contribution >= 4 is 6.09 Å². The molecule has 3 heterocycles. The number of hydrogen-bond donors (Lipinski definition) is 1. The summed E-state index contributed by atoms with van der Waals surface area (Å²) in [5, 5.41) is 0. The van der Waals surface area contributed by atoms with Crippen molar-refractivity contribution in [1.29, 1.82) is 0 Å². The van der Waals surface area contributed by atoms with Crippen LogP contribution in [0.25, 0.3) is 0 Å². The van der Waals surface area contributed by atoms with Crippen molar-refractivity contribution in [3.63, 3.8) is 0 Å². The van der Waals surface area contributed by atoms with E-state index in [0.29, 0.717) is 0 Å². The van der Waals surface area contributed by atoms with Gasteiger partial charge in [-0.3, -0.25) is 9.80 Å². The molecule has 0 spiro atoms. The Balaban J connectivity index is 1.30. The van der Waals surface area contributed by atoms with Crippen molar-refractivity contribution in [2.45, 2.75) is 44.0 Å². The lowest BCUT2D eigenvalue weighted by Crippen LogP contribution is -2.46. The Bertz CT molecular complexity index is 765. The fourth-order valence-electron chi connectivity index (χ4n) is 4.71. The number of rotatable bonds is 3. The summed E-state index contributed by atoms with van der Waals surface area (Å²) in [7, 11) is 0. The van der Waals surface area contributed by atoms with E-state index in [4.69, 9.17) is 4.74 Å². The molecular weight excluding hydrogens is 314 g/mol. The molecule has 1 aromatic carbocycles. The molecule has 2 unspecified atom stereocenters. The van der Waals surface area contributed by atoms with Crippen molar-refractivity contribution in [3.8, 4) is 0 Å². The van der Waals surface area contributed by atoms with E-state index in [1.807, 2.05) is 17.2 Å². The van der Waals surface area contributed by atoms with Gasteiger partial charge in [-0.1, -0.05) is 24.3 Å². The summed E-state index contributed by atoms with van der Waals surface area (Å²) < 4.78 is 5.71. The Morgan fingerprint density at radius 2 is 1.96 bits per heavy atom. The van der Waals surface area contributed by atoms with Crippen LogP contribution in [0.3, 0.4) is 0 Å². The van der Waals surface area contributed by atoms with Gasteiger partial charge in [0.05, 0.1) is 6.04 Å². The maximum Gasteiger partial charge on any atom is 0.411 e. The Hall–Kier alpha value is -2.27. The number of aromatic nitrogens is 1. The van der Waals surface area contributed by atoms with Gasteiger partial charge in [0, 0.05) is 44.0 Å². The van der Waals surface area contributed by atoms with E-state index in [1.165, 1.54) is 16.8 Å². The third-order valence-electron chi connectivity index (χ3n) is 5.92. The number of likely N-dealkylation sites (tertiary alicyclic amines) is 1. The smallest absolute Gasteiger partial charge is 0.411 e. The fraction of sp³-hybridized carbons (Fsp3) is 0.450. The van der Waals surface area contributed by atoms with Gasteiger partial charge in [0.15, 0.2) is 0 Å². The molecule has 0 radical (unpaired) electrons. The van der Waals surface area contributed by atoms with Gasteiger partial charge in [0.2, 0.25) is 0 Å². The molecule has 1 aliphatic carbocycles. The van der Waals surface area contributed by atoms with Crippen molar-refractivity contribution in [2.75, 3.05) is 13.1 Å². The summed E-state index contributed by atoms with van der Waals surface area (Å²) in [6.45, 7) is 3.00. The standard InChI is InChI=1S/C20H23N3O2/c24-20-23(19-17-6-2-1-4-14(17)12-18(19)25-20)16-7-10-22(11-8-16)13-15-5-3-9-21-15/h1-6,9,16,18-19,21H,7-8,10-13H2. The van der Waals surface area contributed by atoms with Crippen LogP contribution in [0.4, 0.5) is 4.79 Å². The summed E-state index contributed by atoms with van der Waals surface area (Å²) in [4.78, 5) is 20.3. The first-order chi connectivity index (χ1) is 12.3. The number of H-pyrrole nitrogens is 1. The zero-order valence-electron chi connectivity index (χ0n) is 14.2. The lowest BCUT2D eigenvalue weighted by molar-refractivity contribution is 0.103. The number of piperidine rings is 1. The minimum atomic E-state index is -0.118. The topological polar surface area (TPSA) is 48.6 Å². The third kappa shape index (κ3) is 2.54. The number of ether oxygens (including phenoxy) is 1. The summed E-state index contributed by atoms with van der Waals surface area (Å²) in [6.07, 6.45) is 4.74. The predicted octanol–water partition coefficient (Wildman–Crippen LogP) is 3.10. The molecule has 5 heteroatoms. The van der Waals surface area contributed by atoms with Gasteiger partial charge in [-0.2, -0.15) is 0 Å². The molecule has 0 saturated carbocycles. The summed E-state index contributed by atoms with van der Waals surface area (Å²) in [5.41, 5.74) is 3.87. The Morgan fingerprint density at radius 1 is 1.12 bits per heavy atom. The zero-order valence-corrected chi connectivity index (χ0v) is 14.2. The van der Waals surface area contributed by atoms with Crippen LogP contribution >= 0.6 is 0 Å². The molecule has 130 valence electrons. The molecule has 5 rings (SSSR count). The van der Waals surface area contributed by atoms with Crippen LogP contribution in [-0.2, 0) is 17.7 Å². The quantitative estimate of drug-likeness (QED) is 0.936. The Kier molecular flexibility index (Phi) is 3.55. The summed E-state index contributed by atoms with van der Waals surface area (Å²) in [6, 6.07) is 13.0. The minimum absolute atomic E-state index is 0.00171. The van der Waals surface area contributed by atoms with Gasteiger partial charge in [0.1, 0.15) is 6.10 Å². The van der Waals surface area contributed by atoms with Crippen LogP contribution in [0, 0.1) is 0 Å². The first-order valence-electron chi connectivity index (χ1n) is 9.21. The zero-order chi connectivity index (χ0) is 16.8. The molecule has 0 bridgehead atoms. The Labute approximate surface area is 147 Å². The lowest BCUT2D eigenvalue weighted by atomic mass is 9.99. The van der Waals surface area contributed by atoms with Crippen molar-refractivity contribution < 1.29 is 9.53 Å². The average Bonchev–Trinajstić information content (AvgIpc) is 3.31. The molecule has 2 saturated heterocycles. The number of amides is 1. The number of benzene rings is 1. The lowest BCUT2D eigenvalue weighted by Gasteiger charge is -2.37. The van der Waals surface area contributed by atoms with Crippen LogP contribution in [-0.4, -0.2) is 46.1 Å². The number of nitrogens with one attached hydrogen (secondary N) is 1. The molecule has 1 aromatic heterocycles. The molecule has 25 heavy (non-hydrogen) atoms. The minimum Gasteiger partial charge on any atom is -0.443 e. The Morgan fingerprint density at radius 3 is 2.76 bits per heavy atom. The number of hydrogen-bond acceptors (Lipinski definition) is 3. The largest absolute Gasteiger partial charge is 0.443 e.